The van der Waals surface area contributed by atoms with Gasteiger partial charge in [-0.25, -0.2) is 4.98 Å². The number of aromatic amines is 1. The first-order valence-electron chi connectivity index (χ1n) is 10.9. The molecule has 0 fully saturated rings. The van der Waals surface area contributed by atoms with Gasteiger partial charge in [0.1, 0.15) is 5.82 Å². The molecule has 0 aliphatic rings. The molecule has 10 heteroatoms. The summed E-state index contributed by atoms with van der Waals surface area (Å²) in [4.78, 5) is 47.9. The monoisotopic (exact) mass is 467 g/mol. The summed E-state index contributed by atoms with van der Waals surface area (Å²) in [6.07, 6.45) is 0.0532. The molecule has 180 valence electrons. The van der Waals surface area contributed by atoms with Crippen LogP contribution in [0, 0.1) is 0 Å². The number of para-hydroxylation sites is 1. The number of nitrogens with zero attached hydrogens (tertiary/aromatic N) is 3. The van der Waals surface area contributed by atoms with Crippen LogP contribution in [0.5, 0.6) is 11.5 Å². The normalized spacial score (nSPS) is 10.9. The third-order valence-corrected chi connectivity index (χ3v) is 5.39. The molecule has 3 rings (SSSR count). The summed E-state index contributed by atoms with van der Waals surface area (Å²) in [5.74, 6) is 0.653. The van der Waals surface area contributed by atoms with Crippen molar-refractivity contribution >= 4 is 28.4 Å². The molecule has 3 N–H and O–H groups in total. The van der Waals surface area contributed by atoms with E-state index in [1.165, 1.54) is 14.2 Å². The summed E-state index contributed by atoms with van der Waals surface area (Å²) in [6, 6.07) is 12.3. The predicted octanol–water partition coefficient (Wildman–Crippen LogP) is 1.67. The molecule has 0 unspecified atom stereocenters. The summed E-state index contributed by atoms with van der Waals surface area (Å²) in [6.45, 7) is 2.95. The molecule has 1 aromatic heterocycles. The second-order valence-electron chi connectivity index (χ2n) is 7.64. The van der Waals surface area contributed by atoms with Gasteiger partial charge in [-0.15, -0.1) is 0 Å². The molecule has 0 aliphatic heterocycles. The zero-order valence-electron chi connectivity index (χ0n) is 19.5. The highest BCUT2D eigenvalue weighted by atomic mass is 16.5. The van der Waals surface area contributed by atoms with Gasteiger partial charge in [0, 0.05) is 24.7 Å². The summed E-state index contributed by atoms with van der Waals surface area (Å²) < 4.78 is 10.6. The van der Waals surface area contributed by atoms with Crippen LogP contribution in [0.3, 0.4) is 0 Å². The minimum absolute atomic E-state index is 0.0532. The quantitative estimate of drug-likeness (QED) is 0.439. The molecule has 0 aliphatic carbocycles. The van der Waals surface area contributed by atoms with Crippen molar-refractivity contribution in [1.29, 1.82) is 0 Å². The van der Waals surface area contributed by atoms with E-state index < -0.39 is 5.91 Å². The number of ether oxygens (including phenoxy) is 2. The Morgan fingerprint density at radius 3 is 2.38 bits per heavy atom. The third-order valence-electron chi connectivity index (χ3n) is 5.39. The van der Waals surface area contributed by atoms with Gasteiger partial charge in [-0.3, -0.25) is 19.3 Å². The van der Waals surface area contributed by atoms with Gasteiger partial charge in [-0.2, -0.15) is 0 Å². The number of amides is 2. The van der Waals surface area contributed by atoms with E-state index in [1.807, 2.05) is 30.0 Å². The van der Waals surface area contributed by atoms with Gasteiger partial charge in [0.15, 0.2) is 11.5 Å². The highest BCUT2D eigenvalue weighted by molar-refractivity contribution is 5.95. The Morgan fingerprint density at radius 1 is 1.09 bits per heavy atom. The number of likely N-dealkylation sites (N-methyl/N-ethyl adjacent to an activating group) is 1. The van der Waals surface area contributed by atoms with Crippen LogP contribution >= 0.6 is 0 Å². The average molecular weight is 468 g/mol. The largest absolute Gasteiger partial charge is 0.493 e. The second-order valence-corrected chi connectivity index (χ2v) is 7.64. The van der Waals surface area contributed by atoms with E-state index in [-0.39, 0.29) is 37.5 Å². The van der Waals surface area contributed by atoms with Crippen molar-refractivity contribution in [3.05, 3.63) is 58.6 Å². The molecule has 34 heavy (non-hydrogen) atoms. The number of anilines is 1. The average Bonchev–Trinajstić information content (AvgIpc) is 2.83. The van der Waals surface area contributed by atoms with Crippen molar-refractivity contribution in [3.63, 3.8) is 0 Å². The van der Waals surface area contributed by atoms with Crippen LogP contribution < -0.4 is 25.7 Å². The molecule has 0 saturated heterocycles. The summed E-state index contributed by atoms with van der Waals surface area (Å²) in [5.41, 5.74) is 6.14. The Balaban J connectivity index is 1.82. The molecule has 1 heterocycles. The molecular formula is C24H29N5O5. The molecular weight excluding hydrogens is 438 g/mol. The van der Waals surface area contributed by atoms with E-state index in [9.17, 15) is 14.4 Å². The van der Waals surface area contributed by atoms with Crippen LogP contribution in [-0.4, -0.2) is 60.5 Å². The van der Waals surface area contributed by atoms with Crippen LogP contribution in [0.1, 0.15) is 19.2 Å². The molecule has 0 atom stereocenters. The third kappa shape index (κ3) is 5.90. The smallest absolute Gasteiger partial charge is 0.258 e. The Bertz CT molecular complexity index is 1210. The van der Waals surface area contributed by atoms with Crippen LogP contribution in [-0.2, 0) is 16.1 Å². The van der Waals surface area contributed by atoms with Crippen LogP contribution in [0.2, 0.25) is 0 Å². The fourth-order valence-electron chi connectivity index (χ4n) is 3.58. The SMILES string of the molecule is CCN(CC(=O)N(CCC(N)=O)c1ccccc1)Cc1nc2cc(OC)c(OC)cc2c(=O)[nH]1. The van der Waals surface area contributed by atoms with E-state index in [0.717, 1.165) is 0 Å². The summed E-state index contributed by atoms with van der Waals surface area (Å²) in [5, 5.41) is 0.377. The lowest BCUT2D eigenvalue weighted by Crippen LogP contribution is -2.42. The number of hydrogen-bond acceptors (Lipinski definition) is 7. The maximum absolute atomic E-state index is 13.2. The van der Waals surface area contributed by atoms with Gasteiger partial charge in [0.25, 0.3) is 5.56 Å². The maximum atomic E-state index is 13.2. The number of aromatic nitrogens is 2. The molecule has 2 amide bonds. The van der Waals surface area contributed by atoms with Gasteiger partial charge in [0.05, 0.1) is 38.2 Å². The van der Waals surface area contributed by atoms with Gasteiger partial charge >= 0.3 is 0 Å². The number of H-pyrrole nitrogens is 1. The molecule has 10 nitrogen and oxygen atoms in total. The van der Waals surface area contributed by atoms with Crippen molar-refractivity contribution < 1.29 is 19.1 Å². The van der Waals surface area contributed by atoms with Crippen molar-refractivity contribution in [2.75, 3.05) is 38.8 Å². The molecule has 0 bridgehead atoms. The maximum Gasteiger partial charge on any atom is 0.258 e. The van der Waals surface area contributed by atoms with E-state index in [2.05, 4.69) is 9.97 Å². The van der Waals surface area contributed by atoms with E-state index in [1.54, 1.807) is 29.2 Å². The van der Waals surface area contributed by atoms with Crippen molar-refractivity contribution in [1.82, 2.24) is 14.9 Å². The first kappa shape index (κ1) is 24.7. The fraction of sp³-hybridized carbons (Fsp3) is 0.333. The topological polar surface area (TPSA) is 131 Å². The summed E-state index contributed by atoms with van der Waals surface area (Å²) in [7, 11) is 3.01. The minimum Gasteiger partial charge on any atom is -0.493 e. The number of carbonyl (C=O) groups is 2. The van der Waals surface area contributed by atoms with Crippen molar-refractivity contribution in [2.45, 2.75) is 19.9 Å². The first-order chi connectivity index (χ1) is 16.4. The highest BCUT2D eigenvalue weighted by Gasteiger charge is 2.20. The van der Waals surface area contributed by atoms with E-state index in [0.29, 0.717) is 40.5 Å². The lowest BCUT2D eigenvalue weighted by Gasteiger charge is -2.26. The lowest BCUT2D eigenvalue weighted by molar-refractivity contribution is -0.120. The Morgan fingerprint density at radius 2 is 1.76 bits per heavy atom. The number of fused-ring (bicyclic) bond motifs is 1. The van der Waals surface area contributed by atoms with E-state index >= 15 is 0 Å². The number of hydrogen-bond donors (Lipinski definition) is 2. The van der Waals surface area contributed by atoms with Crippen molar-refractivity contribution in [3.8, 4) is 11.5 Å². The highest BCUT2D eigenvalue weighted by Crippen LogP contribution is 2.30. The Labute approximate surface area is 197 Å². The Hall–Kier alpha value is -3.92. The molecule has 0 saturated carbocycles. The predicted molar refractivity (Wildman–Crippen MR) is 129 cm³/mol. The molecule has 2 aromatic carbocycles. The van der Waals surface area contributed by atoms with Gasteiger partial charge in [-0.05, 0) is 24.7 Å². The number of nitrogens with two attached hydrogens (primary N) is 1. The molecule has 0 spiro atoms. The van der Waals surface area contributed by atoms with Crippen LogP contribution in [0.4, 0.5) is 5.69 Å². The number of rotatable bonds is 11. The summed E-state index contributed by atoms with van der Waals surface area (Å²) >= 11 is 0. The fourth-order valence-corrected chi connectivity index (χ4v) is 3.58. The second kappa shape index (κ2) is 11.3. The van der Waals surface area contributed by atoms with Crippen LogP contribution in [0.25, 0.3) is 10.9 Å². The molecule has 0 radical (unpaired) electrons. The first-order valence-corrected chi connectivity index (χ1v) is 10.9. The number of methoxy groups -OCH3 is 2. The number of primary amides is 1. The lowest BCUT2D eigenvalue weighted by atomic mass is 10.2. The van der Waals surface area contributed by atoms with Gasteiger partial charge in [0.2, 0.25) is 11.8 Å². The van der Waals surface area contributed by atoms with E-state index in [4.69, 9.17) is 15.2 Å². The zero-order chi connectivity index (χ0) is 24.7. The van der Waals surface area contributed by atoms with Gasteiger partial charge in [-0.1, -0.05) is 25.1 Å². The van der Waals surface area contributed by atoms with Crippen LogP contribution in [0.15, 0.2) is 47.3 Å². The number of carbonyl (C=O) groups excluding carboxylic acids is 2. The zero-order valence-corrected chi connectivity index (χ0v) is 19.5. The minimum atomic E-state index is -0.480. The standard InChI is InChI=1S/C24H29N5O5/c1-4-28(15-23(31)29(11-10-21(25)30)16-8-6-5-7-9-16)14-22-26-18-13-20(34-3)19(33-2)12-17(18)24(32)27-22/h5-9,12-13H,4,10-11,14-15H2,1-3H3,(H2,25,30)(H,26,27,32). The number of nitrogens with one attached hydrogen (secondary N) is 1. The number of benzene rings is 2. The Kier molecular flexibility index (Phi) is 8.20. The van der Waals surface area contributed by atoms with Gasteiger partial charge < -0.3 is 25.1 Å². The van der Waals surface area contributed by atoms with Crippen molar-refractivity contribution in [2.24, 2.45) is 5.73 Å². The molecule has 3 aromatic rings.